The lowest BCUT2D eigenvalue weighted by Crippen LogP contribution is -2.35. The Morgan fingerprint density at radius 2 is 1.84 bits per heavy atom. The summed E-state index contributed by atoms with van der Waals surface area (Å²) in [6, 6.07) is 13.7. The molecule has 31 heavy (non-hydrogen) atoms. The molecule has 0 bridgehead atoms. The molecule has 1 N–H and O–H groups in total. The average molecular weight is 417 g/mol. The maximum Gasteiger partial charge on any atom is 0.349 e. The quantitative estimate of drug-likeness (QED) is 0.451. The van der Waals surface area contributed by atoms with Gasteiger partial charge in [-0.05, 0) is 36.4 Å². The minimum Gasteiger partial charge on any atom is -0.422 e. The first-order chi connectivity index (χ1) is 15.0. The fraction of sp³-hybridized carbons (Fsp3) is 0. The van der Waals surface area contributed by atoms with Crippen molar-refractivity contribution < 1.29 is 13.6 Å². The third-order valence-electron chi connectivity index (χ3n) is 4.67. The van der Waals surface area contributed by atoms with Crippen molar-refractivity contribution in [2.24, 2.45) is 0 Å². The fourth-order valence-corrected chi connectivity index (χ4v) is 3.15. The standard InChI is InChI=1S/C21H12FN5O4/c22-13-5-7-14(8-6-13)27-18-16(10-24-27)20(29)26(11-23-18)25-19(28)15-9-12-3-1-2-4-17(12)31-21(15)30/h1-11H,(H,25,28). The van der Waals surface area contributed by atoms with E-state index in [1.165, 1.54) is 41.2 Å². The molecule has 1 amide bonds. The second kappa shape index (κ2) is 7.02. The Kier molecular flexibility index (Phi) is 4.18. The number of fused-ring (bicyclic) bond motifs is 2. The normalized spacial score (nSPS) is 11.1. The first kappa shape index (κ1) is 18.4. The van der Waals surface area contributed by atoms with E-state index in [1.807, 2.05) is 0 Å². The molecule has 0 fully saturated rings. The topological polar surface area (TPSA) is 112 Å². The van der Waals surface area contributed by atoms with E-state index in [-0.39, 0.29) is 16.6 Å². The van der Waals surface area contributed by atoms with Gasteiger partial charge in [-0.25, -0.2) is 23.5 Å². The van der Waals surface area contributed by atoms with Crippen LogP contribution >= 0.6 is 0 Å². The van der Waals surface area contributed by atoms with E-state index in [9.17, 15) is 18.8 Å². The molecule has 5 rings (SSSR count). The minimum absolute atomic E-state index is 0.123. The number of carbonyl (C=O) groups excluding carboxylic acids is 1. The van der Waals surface area contributed by atoms with E-state index >= 15 is 0 Å². The van der Waals surface area contributed by atoms with Gasteiger partial charge in [-0.1, -0.05) is 18.2 Å². The van der Waals surface area contributed by atoms with Crippen LogP contribution in [0.15, 0.2) is 81.1 Å². The number of benzene rings is 2. The van der Waals surface area contributed by atoms with Crippen LogP contribution in [0.4, 0.5) is 4.39 Å². The maximum atomic E-state index is 13.2. The predicted molar refractivity (Wildman–Crippen MR) is 109 cm³/mol. The van der Waals surface area contributed by atoms with E-state index in [4.69, 9.17) is 4.42 Å². The molecule has 0 spiro atoms. The lowest BCUT2D eigenvalue weighted by atomic mass is 10.2. The number of nitrogens with zero attached hydrogens (tertiary/aromatic N) is 4. The molecule has 5 aromatic rings. The largest absolute Gasteiger partial charge is 0.422 e. The fourth-order valence-electron chi connectivity index (χ4n) is 3.15. The first-order valence-electron chi connectivity index (χ1n) is 9.07. The van der Waals surface area contributed by atoms with Gasteiger partial charge < -0.3 is 4.42 Å². The summed E-state index contributed by atoms with van der Waals surface area (Å²) in [6.07, 6.45) is 2.40. The van der Waals surface area contributed by atoms with Gasteiger partial charge in [0.15, 0.2) is 5.65 Å². The average Bonchev–Trinajstić information content (AvgIpc) is 3.20. The zero-order chi connectivity index (χ0) is 21.5. The monoisotopic (exact) mass is 417 g/mol. The molecule has 0 unspecified atom stereocenters. The molecular weight excluding hydrogens is 405 g/mol. The number of carbonyl (C=O) groups is 1. The number of rotatable bonds is 3. The van der Waals surface area contributed by atoms with Crippen LogP contribution in [0, 0.1) is 5.82 Å². The number of aromatic nitrogens is 4. The minimum atomic E-state index is -0.831. The van der Waals surface area contributed by atoms with Crippen LogP contribution in [0.1, 0.15) is 10.4 Å². The molecule has 3 aromatic heterocycles. The van der Waals surface area contributed by atoms with Crippen molar-refractivity contribution >= 4 is 27.9 Å². The van der Waals surface area contributed by atoms with Crippen molar-refractivity contribution in [3.63, 3.8) is 0 Å². The van der Waals surface area contributed by atoms with Gasteiger partial charge in [-0.2, -0.15) is 5.10 Å². The molecular formula is C21H12FN5O4. The summed E-state index contributed by atoms with van der Waals surface area (Å²) in [6.45, 7) is 0. The highest BCUT2D eigenvalue weighted by atomic mass is 19.1. The Balaban J connectivity index is 1.51. The van der Waals surface area contributed by atoms with E-state index in [1.54, 1.807) is 24.3 Å². The number of halogens is 1. The van der Waals surface area contributed by atoms with Gasteiger partial charge in [0.25, 0.3) is 11.5 Å². The Morgan fingerprint density at radius 3 is 2.65 bits per heavy atom. The molecule has 2 aromatic carbocycles. The van der Waals surface area contributed by atoms with Crippen molar-refractivity contribution in [2.75, 3.05) is 5.43 Å². The van der Waals surface area contributed by atoms with Gasteiger partial charge >= 0.3 is 5.63 Å². The second-order valence-corrected chi connectivity index (χ2v) is 6.62. The van der Waals surface area contributed by atoms with Gasteiger partial charge in [0, 0.05) is 5.39 Å². The van der Waals surface area contributed by atoms with Crippen LogP contribution in [0.25, 0.3) is 27.7 Å². The summed E-state index contributed by atoms with van der Waals surface area (Å²) in [7, 11) is 0. The number of para-hydroxylation sites is 1. The van der Waals surface area contributed by atoms with E-state index in [2.05, 4.69) is 15.5 Å². The first-order valence-corrected chi connectivity index (χ1v) is 9.07. The summed E-state index contributed by atoms with van der Waals surface area (Å²) in [5, 5.41) is 4.81. The Morgan fingerprint density at radius 1 is 1.06 bits per heavy atom. The summed E-state index contributed by atoms with van der Waals surface area (Å²) < 4.78 is 20.6. The van der Waals surface area contributed by atoms with E-state index in [0.29, 0.717) is 16.7 Å². The van der Waals surface area contributed by atoms with Crippen molar-refractivity contribution in [1.29, 1.82) is 0 Å². The Hall–Kier alpha value is -4.60. The molecule has 0 aliphatic heterocycles. The highest BCUT2D eigenvalue weighted by Gasteiger charge is 2.17. The van der Waals surface area contributed by atoms with E-state index in [0.717, 1.165) is 11.0 Å². The zero-order valence-electron chi connectivity index (χ0n) is 15.7. The molecule has 10 heteroatoms. The van der Waals surface area contributed by atoms with Crippen LogP contribution in [0.5, 0.6) is 0 Å². The summed E-state index contributed by atoms with van der Waals surface area (Å²) in [4.78, 5) is 41.7. The number of hydrogen-bond donors (Lipinski definition) is 1. The molecule has 0 saturated carbocycles. The SMILES string of the molecule is O=C(Nn1cnc2c(cnn2-c2ccc(F)cc2)c1=O)c1cc2ccccc2oc1=O. The van der Waals surface area contributed by atoms with Gasteiger partial charge in [0.05, 0.1) is 11.9 Å². The summed E-state index contributed by atoms with van der Waals surface area (Å²) in [5.41, 5.74) is 1.74. The molecule has 9 nitrogen and oxygen atoms in total. The van der Waals surface area contributed by atoms with Gasteiger partial charge in [-0.15, -0.1) is 0 Å². The lowest BCUT2D eigenvalue weighted by Gasteiger charge is -2.08. The van der Waals surface area contributed by atoms with Crippen molar-refractivity contribution in [3.05, 3.63) is 99.3 Å². The highest BCUT2D eigenvalue weighted by Crippen LogP contribution is 2.15. The molecule has 3 heterocycles. The third kappa shape index (κ3) is 3.15. The van der Waals surface area contributed by atoms with Gasteiger partial charge in [-0.3, -0.25) is 15.0 Å². The smallest absolute Gasteiger partial charge is 0.349 e. The van der Waals surface area contributed by atoms with Gasteiger partial charge in [0.1, 0.15) is 28.7 Å². The highest BCUT2D eigenvalue weighted by molar-refractivity contribution is 6.01. The number of hydrogen-bond acceptors (Lipinski definition) is 6. The van der Waals surface area contributed by atoms with Gasteiger partial charge in [0.2, 0.25) is 0 Å². The zero-order valence-corrected chi connectivity index (χ0v) is 15.7. The van der Waals surface area contributed by atoms with Crippen molar-refractivity contribution in [1.82, 2.24) is 19.4 Å². The lowest BCUT2D eigenvalue weighted by molar-refractivity contribution is 0.100. The third-order valence-corrected chi connectivity index (χ3v) is 4.67. The maximum absolute atomic E-state index is 13.2. The van der Waals surface area contributed by atoms with Crippen LogP contribution in [-0.2, 0) is 0 Å². The summed E-state index contributed by atoms with van der Waals surface area (Å²) >= 11 is 0. The molecule has 0 aliphatic rings. The van der Waals surface area contributed by atoms with Crippen LogP contribution < -0.4 is 16.6 Å². The molecule has 152 valence electrons. The summed E-state index contributed by atoms with van der Waals surface area (Å²) in [5.74, 6) is -1.23. The van der Waals surface area contributed by atoms with Crippen LogP contribution in [-0.4, -0.2) is 25.3 Å². The van der Waals surface area contributed by atoms with Crippen LogP contribution in [0.3, 0.4) is 0 Å². The van der Waals surface area contributed by atoms with E-state index < -0.39 is 22.9 Å². The number of amides is 1. The predicted octanol–water partition coefficient (Wildman–Crippen LogP) is 2.21. The number of nitrogens with one attached hydrogen (secondary N) is 1. The van der Waals surface area contributed by atoms with Crippen LogP contribution in [0.2, 0.25) is 0 Å². The Labute approximate surface area is 172 Å². The molecule has 0 radical (unpaired) electrons. The Bertz CT molecular complexity index is 1580. The van der Waals surface area contributed by atoms with Crippen molar-refractivity contribution in [3.8, 4) is 5.69 Å². The van der Waals surface area contributed by atoms with Crippen molar-refractivity contribution in [2.45, 2.75) is 0 Å². The molecule has 0 atom stereocenters. The second-order valence-electron chi connectivity index (χ2n) is 6.62. The molecule has 0 saturated heterocycles. The molecule has 0 aliphatic carbocycles.